The number of ether oxygens (including phenoxy) is 1. The van der Waals surface area contributed by atoms with E-state index >= 15 is 0 Å². The van der Waals surface area contributed by atoms with Crippen LogP contribution in [0.5, 0.6) is 0 Å². The molecule has 0 radical (unpaired) electrons. The van der Waals surface area contributed by atoms with Gasteiger partial charge in [0.05, 0.1) is 18.3 Å². The van der Waals surface area contributed by atoms with Gasteiger partial charge in [0.1, 0.15) is 0 Å². The number of aromatic nitrogens is 2. The van der Waals surface area contributed by atoms with Gasteiger partial charge in [0.15, 0.2) is 5.69 Å². The third-order valence-corrected chi connectivity index (χ3v) is 3.46. The molecule has 0 aliphatic rings. The molecule has 0 spiro atoms. The standard InChI is InChI=1S/C17H16N2O2/c1-3-7-12-15-11-8-5-6-9-13(11)19-14(15)10-18-16(12)17(20)21-4-2/h3,5-6,8-10,19H,1,4,7H2,2H3. The molecule has 2 aromatic heterocycles. The van der Waals surface area contributed by atoms with Gasteiger partial charge in [-0.3, -0.25) is 0 Å². The maximum absolute atomic E-state index is 12.1. The summed E-state index contributed by atoms with van der Waals surface area (Å²) in [6, 6.07) is 8.01. The van der Waals surface area contributed by atoms with Gasteiger partial charge in [-0.1, -0.05) is 24.3 Å². The molecule has 0 amide bonds. The van der Waals surface area contributed by atoms with Crippen LogP contribution in [0.15, 0.2) is 43.1 Å². The van der Waals surface area contributed by atoms with Crippen molar-refractivity contribution in [1.82, 2.24) is 9.97 Å². The normalized spacial score (nSPS) is 10.9. The minimum absolute atomic E-state index is 0.333. The SMILES string of the molecule is C=CCc1c(C(=O)OCC)ncc2[nH]c3ccccc3c12. The Bertz CT molecular complexity index is 833. The summed E-state index contributed by atoms with van der Waals surface area (Å²) in [5.41, 5.74) is 3.18. The summed E-state index contributed by atoms with van der Waals surface area (Å²) in [6.45, 7) is 5.90. The zero-order chi connectivity index (χ0) is 14.8. The lowest BCUT2D eigenvalue weighted by molar-refractivity contribution is 0.0518. The number of carbonyl (C=O) groups excluding carboxylic acids is 1. The number of fused-ring (bicyclic) bond motifs is 3. The first kappa shape index (κ1) is 13.4. The molecule has 0 atom stereocenters. The maximum Gasteiger partial charge on any atom is 0.357 e. The van der Waals surface area contributed by atoms with Gasteiger partial charge in [0.2, 0.25) is 0 Å². The smallest absolute Gasteiger partial charge is 0.357 e. The van der Waals surface area contributed by atoms with Crippen molar-refractivity contribution in [2.75, 3.05) is 6.61 Å². The van der Waals surface area contributed by atoms with Crippen LogP contribution in [-0.4, -0.2) is 22.5 Å². The van der Waals surface area contributed by atoms with Crippen LogP contribution < -0.4 is 0 Å². The average Bonchev–Trinajstić information content (AvgIpc) is 2.86. The molecule has 0 bridgehead atoms. The minimum atomic E-state index is -0.387. The number of H-pyrrole nitrogens is 1. The largest absolute Gasteiger partial charge is 0.461 e. The summed E-state index contributed by atoms with van der Waals surface area (Å²) in [4.78, 5) is 19.7. The number of pyridine rings is 1. The molecule has 1 aromatic carbocycles. The Hall–Kier alpha value is -2.62. The van der Waals surface area contributed by atoms with Crippen LogP contribution in [0.25, 0.3) is 21.8 Å². The Kier molecular flexibility index (Phi) is 3.44. The first-order valence-electron chi connectivity index (χ1n) is 6.92. The molecule has 21 heavy (non-hydrogen) atoms. The van der Waals surface area contributed by atoms with Gasteiger partial charge in [-0.2, -0.15) is 0 Å². The van der Waals surface area contributed by atoms with E-state index in [-0.39, 0.29) is 5.97 Å². The van der Waals surface area contributed by atoms with E-state index in [1.54, 1.807) is 19.2 Å². The van der Waals surface area contributed by atoms with E-state index in [9.17, 15) is 4.79 Å². The molecule has 0 unspecified atom stereocenters. The highest BCUT2D eigenvalue weighted by Crippen LogP contribution is 2.30. The van der Waals surface area contributed by atoms with Crippen molar-refractivity contribution in [3.63, 3.8) is 0 Å². The Morgan fingerprint density at radius 3 is 2.95 bits per heavy atom. The Labute approximate surface area is 122 Å². The second kappa shape index (κ2) is 5.40. The number of esters is 1. The summed E-state index contributed by atoms with van der Waals surface area (Å²) in [5, 5.41) is 2.10. The lowest BCUT2D eigenvalue weighted by atomic mass is 10.0. The Balaban J connectivity index is 2.34. The van der Waals surface area contributed by atoms with Crippen molar-refractivity contribution in [2.24, 2.45) is 0 Å². The van der Waals surface area contributed by atoms with E-state index in [0.717, 1.165) is 27.4 Å². The number of hydrogen-bond acceptors (Lipinski definition) is 3. The van der Waals surface area contributed by atoms with Crippen LogP contribution in [0.2, 0.25) is 0 Å². The van der Waals surface area contributed by atoms with Gasteiger partial charge in [-0.15, -0.1) is 6.58 Å². The molecular formula is C17H16N2O2. The van der Waals surface area contributed by atoms with Crippen molar-refractivity contribution in [3.05, 3.63) is 54.4 Å². The third kappa shape index (κ3) is 2.18. The molecule has 0 saturated heterocycles. The Morgan fingerprint density at radius 1 is 1.38 bits per heavy atom. The molecule has 0 saturated carbocycles. The average molecular weight is 280 g/mol. The van der Waals surface area contributed by atoms with Crippen molar-refractivity contribution >= 4 is 27.8 Å². The summed E-state index contributed by atoms with van der Waals surface area (Å²) < 4.78 is 5.11. The molecule has 4 heteroatoms. The zero-order valence-electron chi connectivity index (χ0n) is 11.8. The Morgan fingerprint density at radius 2 is 2.19 bits per heavy atom. The molecule has 0 fully saturated rings. The van der Waals surface area contributed by atoms with Gasteiger partial charge < -0.3 is 9.72 Å². The lowest BCUT2D eigenvalue weighted by Crippen LogP contribution is -2.10. The molecule has 106 valence electrons. The van der Waals surface area contributed by atoms with Crippen LogP contribution >= 0.6 is 0 Å². The molecule has 3 rings (SSSR count). The highest BCUT2D eigenvalue weighted by Gasteiger charge is 2.19. The molecule has 3 aromatic rings. The topological polar surface area (TPSA) is 55.0 Å². The van der Waals surface area contributed by atoms with E-state index in [4.69, 9.17) is 4.74 Å². The fourth-order valence-corrected chi connectivity index (χ4v) is 2.63. The number of hydrogen-bond donors (Lipinski definition) is 1. The second-order valence-corrected chi connectivity index (χ2v) is 4.76. The van der Waals surface area contributed by atoms with Gasteiger partial charge >= 0.3 is 5.97 Å². The number of rotatable bonds is 4. The molecule has 0 aliphatic heterocycles. The fraction of sp³-hybridized carbons (Fsp3) is 0.176. The minimum Gasteiger partial charge on any atom is -0.461 e. The molecule has 2 heterocycles. The predicted octanol–water partition coefficient (Wildman–Crippen LogP) is 3.62. The summed E-state index contributed by atoms with van der Waals surface area (Å²) in [6.07, 6.45) is 4.04. The first-order valence-corrected chi connectivity index (χ1v) is 6.92. The monoisotopic (exact) mass is 280 g/mol. The number of nitrogens with one attached hydrogen (secondary N) is 1. The van der Waals surface area contributed by atoms with Crippen LogP contribution in [0.1, 0.15) is 23.0 Å². The van der Waals surface area contributed by atoms with E-state index in [2.05, 4.69) is 16.5 Å². The predicted molar refractivity (Wildman–Crippen MR) is 83.5 cm³/mol. The molecule has 4 nitrogen and oxygen atoms in total. The van der Waals surface area contributed by atoms with Gasteiger partial charge in [0.25, 0.3) is 0 Å². The molecule has 0 aliphatic carbocycles. The summed E-state index contributed by atoms with van der Waals surface area (Å²) >= 11 is 0. The van der Waals surface area contributed by atoms with E-state index in [0.29, 0.717) is 18.7 Å². The third-order valence-electron chi connectivity index (χ3n) is 3.46. The maximum atomic E-state index is 12.1. The van der Waals surface area contributed by atoms with E-state index in [1.165, 1.54) is 0 Å². The van der Waals surface area contributed by atoms with Crippen LogP contribution in [0.4, 0.5) is 0 Å². The number of carbonyl (C=O) groups is 1. The number of aromatic amines is 1. The second-order valence-electron chi connectivity index (χ2n) is 4.76. The summed E-state index contributed by atoms with van der Waals surface area (Å²) in [5.74, 6) is -0.387. The van der Waals surface area contributed by atoms with Gasteiger partial charge in [0, 0.05) is 16.3 Å². The number of allylic oxidation sites excluding steroid dienone is 1. The quantitative estimate of drug-likeness (QED) is 0.586. The van der Waals surface area contributed by atoms with Gasteiger partial charge in [-0.05, 0) is 25.0 Å². The molecule has 1 N–H and O–H groups in total. The zero-order valence-corrected chi connectivity index (χ0v) is 11.8. The highest BCUT2D eigenvalue weighted by molar-refractivity contribution is 6.11. The number of para-hydroxylation sites is 1. The number of benzene rings is 1. The summed E-state index contributed by atoms with van der Waals surface area (Å²) in [7, 11) is 0. The van der Waals surface area contributed by atoms with Gasteiger partial charge in [-0.25, -0.2) is 9.78 Å². The van der Waals surface area contributed by atoms with E-state index < -0.39 is 0 Å². The lowest BCUT2D eigenvalue weighted by Gasteiger charge is -2.08. The number of nitrogens with zero attached hydrogens (tertiary/aromatic N) is 1. The fourth-order valence-electron chi connectivity index (χ4n) is 2.63. The van der Waals surface area contributed by atoms with Crippen molar-refractivity contribution in [1.29, 1.82) is 0 Å². The van der Waals surface area contributed by atoms with Crippen LogP contribution in [0.3, 0.4) is 0 Å². The first-order chi connectivity index (χ1) is 10.3. The highest BCUT2D eigenvalue weighted by atomic mass is 16.5. The van der Waals surface area contributed by atoms with E-state index in [1.807, 2.05) is 24.3 Å². The van der Waals surface area contributed by atoms with Crippen molar-refractivity contribution in [2.45, 2.75) is 13.3 Å². The molecular weight excluding hydrogens is 264 g/mol. The van der Waals surface area contributed by atoms with Crippen molar-refractivity contribution in [3.8, 4) is 0 Å². The van der Waals surface area contributed by atoms with Crippen LogP contribution in [-0.2, 0) is 11.2 Å². The van der Waals surface area contributed by atoms with Crippen molar-refractivity contribution < 1.29 is 9.53 Å². The van der Waals surface area contributed by atoms with Crippen LogP contribution in [0, 0.1) is 0 Å².